The summed E-state index contributed by atoms with van der Waals surface area (Å²) in [6.45, 7) is 0. The molecule has 4 nitrogen and oxygen atoms in total. The van der Waals surface area contributed by atoms with Gasteiger partial charge in [0.2, 0.25) is 0 Å². The van der Waals surface area contributed by atoms with Gasteiger partial charge in [-0.2, -0.15) is 5.26 Å². The normalized spacial score (nSPS) is 14.8. The Morgan fingerprint density at radius 1 is 1.04 bits per heavy atom. The van der Waals surface area contributed by atoms with E-state index in [1.54, 1.807) is 12.1 Å². The van der Waals surface area contributed by atoms with Gasteiger partial charge >= 0.3 is 0 Å². The van der Waals surface area contributed by atoms with E-state index >= 15 is 0 Å². The quantitative estimate of drug-likeness (QED) is 0.867. The summed E-state index contributed by atoms with van der Waals surface area (Å²) in [5, 5.41) is 8.89. The highest BCUT2D eigenvalue weighted by Crippen LogP contribution is 2.39. The van der Waals surface area contributed by atoms with Crippen LogP contribution in [-0.2, 0) is 9.84 Å². The van der Waals surface area contributed by atoms with Gasteiger partial charge in [0.05, 0.1) is 22.2 Å². The van der Waals surface area contributed by atoms with Crippen molar-refractivity contribution in [2.24, 2.45) is 0 Å². The van der Waals surface area contributed by atoms with Crippen molar-refractivity contribution in [3.05, 3.63) is 59.4 Å². The first-order chi connectivity index (χ1) is 11.0. The summed E-state index contributed by atoms with van der Waals surface area (Å²) in [7, 11) is -3.23. The fourth-order valence-electron chi connectivity index (χ4n) is 2.87. The van der Waals surface area contributed by atoms with Gasteiger partial charge in [-0.3, -0.25) is 4.98 Å². The van der Waals surface area contributed by atoms with Gasteiger partial charge in [0.1, 0.15) is 0 Å². The third kappa shape index (κ3) is 3.17. The molecule has 1 aromatic heterocycles. The van der Waals surface area contributed by atoms with E-state index in [9.17, 15) is 8.42 Å². The van der Waals surface area contributed by atoms with Gasteiger partial charge < -0.3 is 0 Å². The number of aromatic nitrogens is 1. The lowest BCUT2D eigenvalue weighted by Crippen LogP contribution is -1.99. The number of hydrogen-bond donors (Lipinski definition) is 0. The Hall–Kier alpha value is -2.45. The Labute approximate surface area is 136 Å². The highest BCUT2D eigenvalue weighted by atomic mass is 32.2. The van der Waals surface area contributed by atoms with Crippen LogP contribution in [0.5, 0.6) is 0 Å². The minimum Gasteiger partial charge on any atom is -0.255 e. The molecular formula is C18H16N2O2S. The summed E-state index contributed by atoms with van der Waals surface area (Å²) in [6.07, 6.45) is 5.56. The molecule has 0 bridgehead atoms. The van der Waals surface area contributed by atoms with Crippen LogP contribution in [0.3, 0.4) is 0 Å². The molecule has 0 saturated carbocycles. The third-order valence-corrected chi connectivity index (χ3v) is 5.15. The molecule has 2 aromatic rings. The molecule has 1 aliphatic carbocycles. The van der Waals surface area contributed by atoms with Crippen molar-refractivity contribution in [1.29, 1.82) is 5.26 Å². The molecule has 1 aliphatic rings. The van der Waals surface area contributed by atoms with Crippen molar-refractivity contribution in [1.82, 2.24) is 4.98 Å². The van der Waals surface area contributed by atoms with Crippen molar-refractivity contribution < 1.29 is 8.42 Å². The summed E-state index contributed by atoms with van der Waals surface area (Å²) in [5.74, 6) is 0. The topological polar surface area (TPSA) is 70.8 Å². The van der Waals surface area contributed by atoms with E-state index in [4.69, 9.17) is 5.26 Å². The van der Waals surface area contributed by atoms with Crippen LogP contribution in [0.2, 0.25) is 0 Å². The molecule has 0 aliphatic heterocycles. The molecule has 0 fully saturated rings. The summed E-state index contributed by atoms with van der Waals surface area (Å²) < 4.78 is 23.1. The fraction of sp³-hybridized carbons (Fsp3) is 0.222. The zero-order chi connectivity index (χ0) is 16.4. The smallest absolute Gasteiger partial charge is 0.177 e. The number of rotatable bonds is 3. The molecule has 0 radical (unpaired) electrons. The van der Waals surface area contributed by atoms with Crippen LogP contribution in [0.4, 0.5) is 0 Å². The number of hydrogen-bond acceptors (Lipinski definition) is 4. The van der Waals surface area contributed by atoms with E-state index in [-0.39, 0.29) is 4.90 Å². The third-order valence-electron chi connectivity index (χ3n) is 4.05. The van der Waals surface area contributed by atoms with E-state index in [1.165, 1.54) is 18.0 Å². The zero-order valence-corrected chi connectivity index (χ0v) is 13.6. The van der Waals surface area contributed by atoms with Crippen LogP contribution in [0.25, 0.3) is 11.1 Å². The van der Waals surface area contributed by atoms with Crippen LogP contribution in [0.15, 0.2) is 47.5 Å². The van der Waals surface area contributed by atoms with Crippen LogP contribution < -0.4 is 0 Å². The maximum Gasteiger partial charge on any atom is 0.177 e. The van der Waals surface area contributed by atoms with Crippen LogP contribution in [0.1, 0.15) is 36.1 Å². The minimum atomic E-state index is -3.23. The average molecular weight is 324 g/mol. The van der Waals surface area contributed by atoms with Gasteiger partial charge in [-0.25, -0.2) is 8.42 Å². The first-order valence-corrected chi connectivity index (χ1v) is 9.27. The first kappa shape index (κ1) is 15.4. The van der Waals surface area contributed by atoms with Crippen molar-refractivity contribution in [2.45, 2.75) is 24.2 Å². The second-order valence-corrected chi connectivity index (χ2v) is 7.67. The van der Waals surface area contributed by atoms with E-state index in [0.29, 0.717) is 5.56 Å². The average Bonchev–Trinajstić information content (AvgIpc) is 3.04. The molecule has 116 valence electrons. The monoisotopic (exact) mass is 324 g/mol. The number of sulfone groups is 1. The maximum atomic E-state index is 11.5. The number of nitriles is 1. The second kappa shape index (κ2) is 5.98. The molecule has 5 heteroatoms. The van der Waals surface area contributed by atoms with Crippen molar-refractivity contribution in [2.75, 3.05) is 6.26 Å². The predicted molar refractivity (Wildman–Crippen MR) is 89.2 cm³/mol. The van der Waals surface area contributed by atoms with E-state index in [2.05, 4.69) is 11.1 Å². The van der Waals surface area contributed by atoms with Crippen LogP contribution in [0, 0.1) is 11.3 Å². The Bertz CT molecular complexity index is 903. The molecule has 3 rings (SSSR count). The molecular weight excluding hydrogens is 308 g/mol. The molecule has 1 aromatic carbocycles. The Morgan fingerprint density at radius 2 is 1.74 bits per heavy atom. The molecule has 0 unspecified atom stereocenters. The fourth-order valence-corrected chi connectivity index (χ4v) is 3.43. The highest BCUT2D eigenvalue weighted by molar-refractivity contribution is 7.90. The van der Waals surface area contributed by atoms with Gasteiger partial charge in [-0.1, -0.05) is 12.1 Å². The number of allylic oxidation sites excluding steroid dienone is 2. The van der Waals surface area contributed by atoms with Crippen molar-refractivity contribution >= 4 is 21.0 Å². The van der Waals surface area contributed by atoms with Crippen molar-refractivity contribution in [3.8, 4) is 6.07 Å². The lowest BCUT2D eigenvalue weighted by atomic mass is 9.99. The summed E-state index contributed by atoms with van der Waals surface area (Å²) in [4.78, 5) is 4.58. The van der Waals surface area contributed by atoms with E-state index < -0.39 is 9.84 Å². The molecule has 0 spiro atoms. The lowest BCUT2D eigenvalue weighted by molar-refractivity contribution is 0.601. The molecule has 0 atom stereocenters. The number of nitrogens with zero attached hydrogens (tertiary/aromatic N) is 2. The Morgan fingerprint density at radius 3 is 2.30 bits per heavy atom. The van der Waals surface area contributed by atoms with Gasteiger partial charge in [-0.05, 0) is 60.2 Å². The summed E-state index contributed by atoms with van der Waals surface area (Å²) in [6, 6.07) is 13.1. The SMILES string of the molecule is CS(=O)(=O)c1ccc(C2=C(c3ccc(C#N)cc3)CCC2)nc1. The molecule has 23 heavy (non-hydrogen) atoms. The number of benzene rings is 1. The minimum absolute atomic E-state index is 0.236. The van der Waals surface area contributed by atoms with Crippen LogP contribution in [-0.4, -0.2) is 19.7 Å². The van der Waals surface area contributed by atoms with E-state index in [1.807, 2.05) is 24.3 Å². The molecule has 1 heterocycles. The largest absolute Gasteiger partial charge is 0.255 e. The molecule has 0 amide bonds. The summed E-state index contributed by atoms with van der Waals surface area (Å²) in [5.41, 5.74) is 4.97. The predicted octanol–water partition coefficient (Wildman–Crippen LogP) is 3.45. The lowest BCUT2D eigenvalue weighted by Gasteiger charge is -2.08. The van der Waals surface area contributed by atoms with Gasteiger partial charge in [0.15, 0.2) is 9.84 Å². The first-order valence-electron chi connectivity index (χ1n) is 7.38. The Balaban J connectivity index is 2.00. The van der Waals surface area contributed by atoms with Crippen molar-refractivity contribution in [3.63, 3.8) is 0 Å². The van der Waals surface area contributed by atoms with E-state index in [0.717, 1.165) is 36.1 Å². The molecule has 0 saturated heterocycles. The standard InChI is InChI=1S/C18H16N2O2S/c1-23(21,22)15-9-10-18(20-12-15)17-4-2-3-16(17)14-7-5-13(11-19)6-8-14/h5-10,12H,2-4H2,1H3. The van der Waals surface area contributed by atoms with Gasteiger partial charge in [-0.15, -0.1) is 0 Å². The zero-order valence-electron chi connectivity index (χ0n) is 12.8. The number of pyridine rings is 1. The maximum absolute atomic E-state index is 11.5. The van der Waals surface area contributed by atoms with Gasteiger partial charge in [0.25, 0.3) is 0 Å². The second-order valence-electron chi connectivity index (χ2n) is 5.65. The molecule has 0 N–H and O–H groups in total. The summed E-state index contributed by atoms with van der Waals surface area (Å²) >= 11 is 0. The van der Waals surface area contributed by atoms with Crippen LogP contribution >= 0.6 is 0 Å². The highest BCUT2D eigenvalue weighted by Gasteiger charge is 2.19. The van der Waals surface area contributed by atoms with Gasteiger partial charge in [0, 0.05) is 12.5 Å². The Kier molecular flexibility index (Phi) is 4.01.